The summed E-state index contributed by atoms with van der Waals surface area (Å²) in [6.45, 7) is 3.95. The Labute approximate surface area is 119 Å². The van der Waals surface area contributed by atoms with Crippen LogP contribution in [-0.4, -0.2) is 12.1 Å². The Hall–Kier alpha value is -2.22. The first-order valence-corrected chi connectivity index (χ1v) is 6.73. The molecule has 2 heteroatoms. The van der Waals surface area contributed by atoms with Crippen LogP contribution in [0.4, 0.5) is 0 Å². The van der Waals surface area contributed by atoms with Gasteiger partial charge in [-0.15, -0.1) is 0 Å². The van der Waals surface area contributed by atoms with Crippen molar-refractivity contribution in [1.29, 1.82) is 0 Å². The number of hydrogen-bond donors (Lipinski definition) is 0. The third-order valence-corrected chi connectivity index (χ3v) is 3.36. The molecule has 20 heavy (non-hydrogen) atoms. The van der Waals surface area contributed by atoms with Crippen LogP contribution in [-0.2, 0) is 4.79 Å². The fourth-order valence-electron chi connectivity index (χ4n) is 2.49. The standard InChI is InChI=1S/C18H18O2/c1-13-10-14(2)12-16(11-13)18(20)17(8-9-19)15-6-4-3-5-7-15/h3-7,9-12,17H,8H2,1-2H3. The van der Waals surface area contributed by atoms with E-state index in [0.29, 0.717) is 5.56 Å². The molecule has 0 aliphatic heterocycles. The summed E-state index contributed by atoms with van der Waals surface area (Å²) in [5.74, 6) is -0.384. The van der Waals surface area contributed by atoms with Gasteiger partial charge in [-0.25, -0.2) is 0 Å². The van der Waals surface area contributed by atoms with Gasteiger partial charge in [0.1, 0.15) is 6.29 Å². The van der Waals surface area contributed by atoms with Crippen molar-refractivity contribution < 1.29 is 9.59 Å². The number of benzene rings is 2. The summed E-state index contributed by atoms with van der Waals surface area (Å²) >= 11 is 0. The van der Waals surface area contributed by atoms with Crippen LogP contribution in [0.15, 0.2) is 48.5 Å². The zero-order valence-corrected chi connectivity index (χ0v) is 11.8. The van der Waals surface area contributed by atoms with Crippen LogP contribution in [0.25, 0.3) is 0 Å². The predicted octanol–water partition coefficient (Wildman–Crippen LogP) is 3.86. The largest absolute Gasteiger partial charge is 0.303 e. The Morgan fingerprint density at radius 1 is 1.05 bits per heavy atom. The average molecular weight is 266 g/mol. The van der Waals surface area contributed by atoms with Crippen molar-refractivity contribution in [2.24, 2.45) is 0 Å². The van der Waals surface area contributed by atoms with Crippen molar-refractivity contribution in [3.63, 3.8) is 0 Å². The van der Waals surface area contributed by atoms with Crippen LogP contribution < -0.4 is 0 Å². The molecule has 0 heterocycles. The monoisotopic (exact) mass is 266 g/mol. The summed E-state index contributed by atoms with van der Waals surface area (Å²) in [7, 11) is 0. The van der Waals surface area contributed by atoms with Crippen molar-refractivity contribution in [1.82, 2.24) is 0 Å². The lowest BCUT2D eigenvalue weighted by Gasteiger charge is -2.14. The summed E-state index contributed by atoms with van der Waals surface area (Å²) in [6.07, 6.45) is 1.04. The van der Waals surface area contributed by atoms with Crippen molar-refractivity contribution in [2.75, 3.05) is 0 Å². The normalized spacial score (nSPS) is 11.9. The van der Waals surface area contributed by atoms with E-state index in [4.69, 9.17) is 0 Å². The van der Waals surface area contributed by atoms with Crippen LogP contribution in [0.3, 0.4) is 0 Å². The quantitative estimate of drug-likeness (QED) is 0.608. The van der Waals surface area contributed by atoms with Gasteiger partial charge in [-0.2, -0.15) is 0 Å². The molecule has 0 saturated carbocycles. The average Bonchev–Trinajstić information content (AvgIpc) is 2.44. The van der Waals surface area contributed by atoms with Crippen LogP contribution in [0.2, 0.25) is 0 Å². The number of aryl methyl sites for hydroxylation is 2. The SMILES string of the molecule is Cc1cc(C)cc(C(=O)C(CC=O)c2ccccc2)c1. The van der Waals surface area contributed by atoms with E-state index in [-0.39, 0.29) is 12.2 Å². The van der Waals surface area contributed by atoms with Crippen LogP contribution in [0.1, 0.15) is 39.4 Å². The molecule has 2 aromatic carbocycles. The molecule has 0 radical (unpaired) electrons. The minimum atomic E-state index is -0.394. The Bertz CT molecular complexity index is 594. The molecule has 0 N–H and O–H groups in total. The second-order valence-corrected chi connectivity index (χ2v) is 5.11. The summed E-state index contributed by atoms with van der Waals surface area (Å²) in [4.78, 5) is 23.6. The highest BCUT2D eigenvalue weighted by atomic mass is 16.1. The maximum absolute atomic E-state index is 12.7. The van der Waals surface area contributed by atoms with E-state index in [2.05, 4.69) is 0 Å². The molecule has 2 aromatic rings. The molecule has 0 aliphatic carbocycles. The van der Waals surface area contributed by atoms with Crippen molar-refractivity contribution in [3.8, 4) is 0 Å². The second-order valence-electron chi connectivity index (χ2n) is 5.11. The fraction of sp³-hybridized carbons (Fsp3) is 0.222. The first kappa shape index (κ1) is 14.2. The van der Waals surface area contributed by atoms with E-state index in [9.17, 15) is 9.59 Å². The van der Waals surface area contributed by atoms with Gasteiger partial charge in [0.25, 0.3) is 0 Å². The number of carbonyl (C=O) groups excluding carboxylic acids is 2. The Kier molecular flexibility index (Phi) is 4.46. The van der Waals surface area contributed by atoms with Gasteiger partial charge in [0, 0.05) is 12.0 Å². The van der Waals surface area contributed by atoms with Crippen LogP contribution in [0, 0.1) is 13.8 Å². The van der Waals surface area contributed by atoms with E-state index < -0.39 is 5.92 Å². The van der Waals surface area contributed by atoms with Gasteiger partial charge in [0.15, 0.2) is 5.78 Å². The zero-order valence-electron chi connectivity index (χ0n) is 11.8. The van der Waals surface area contributed by atoms with Gasteiger partial charge in [-0.1, -0.05) is 47.5 Å². The molecule has 0 aliphatic rings. The molecule has 2 nitrogen and oxygen atoms in total. The van der Waals surface area contributed by atoms with Crippen molar-refractivity contribution >= 4 is 12.1 Å². The van der Waals surface area contributed by atoms with Gasteiger partial charge in [0.2, 0.25) is 0 Å². The highest BCUT2D eigenvalue weighted by Crippen LogP contribution is 2.24. The Balaban J connectivity index is 2.39. The van der Waals surface area contributed by atoms with Crippen LogP contribution >= 0.6 is 0 Å². The van der Waals surface area contributed by atoms with Gasteiger partial charge in [-0.05, 0) is 31.5 Å². The molecule has 0 amide bonds. The molecule has 0 fully saturated rings. The third-order valence-electron chi connectivity index (χ3n) is 3.36. The third kappa shape index (κ3) is 3.21. The molecule has 1 atom stereocenters. The molecule has 0 spiro atoms. The number of carbonyl (C=O) groups is 2. The molecular weight excluding hydrogens is 248 g/mol. The van der Waals surface area contributed by atoms with Gasteiger partial charge >= 0.3 is 0 Å². The van der Waals surface area contributed by atoms with Crippen molar-refractivity contribution in [3.05, 3.63) is 70.8 Å². The fourth-order valence-corrected chi connectivity index (χ4v) is 2.49. The smallest absolute Gasteiger partial charge is 0.170 e. The molecule has 2 rings (SSSR count). The Morgan fingerprint density at radius 3 is 2.20 bits per heavy atom. The molecular formula is C18H18O2. The van der Waals surface area contributed by atoms with Crippen LogP contribution in [0.5, 0.6) is 0 Å². The molecule has 0 saturated heterocycles. The lowest BCUT2D eigenvalue weighted by Crippen LogP contribution is -2.14. The minimum Gasteiger partial charge on any atom is -0.303 e. The highest BCUT2D eigenvalue weighted by molar-refractivity contribution is 6.02. The molecule has 0 bridgehead atoms. The van der Waals surface area contributed by atoms with Gasteiger partial charge in [0.05, 0.1) is 5.92 Å². The maximum Gasteiger partial charge on any atom is 0.170 e. The zero-order chi connectivity index (χ0) is 14.5. The van der Waals surface area contributed by atoms with E-state index in [1.807, 2.05) is 62.4 Å². The number of ketones is 1. The maximum atomic E-state index is 12.7. The van der Waals surface area contributed by atoms with Crippen molar-refractivity contribution in [2.45, 2.75) is 26.2 Å². The van der Waals surface area contributed by atoms with Gasteiger partial charge in [-0.3, -0.25) is 4.79 Å². The lowest BCUT2D eigenvalue weighted by atomic mass is 9.87. The Morgan fingerprint density at radius 2 is 1.65 bits per heavy atom. The van der Waals surface area contributed by atoms with E-state index in [0.717, 1.165) is 23.0 Å². The second kappa shape index (κ2) is 6.29. The first-order valence-electron chi connectivity index (χ1n) is 6.73. The molecule has 102 valence electrons. The number of Topliss-reactive ketones (excluding diaryl/α,β-unsaturated/α-hetero) is 1. The first-order chi connectivity index (χ1) is 9.61. The predicted molar refractivity (Wildman–Crippen MR) is 80.1 cm³/mol. The number of aldehydes is 1. The summed E-state index contributed by atoms with van der Waals surface area (Å²) in [6, 6.07) is 15.3. The summed E-state index contributed by atoms with van der Waals surface area (Å²) in [5, 5.41) is 0. The van der Waals surface area contributed by atoms with Gasteiger partial charge < -0.3 is 4.79 Å². The van der Waals surface area contributed by atoms with E-state index >= 15 is 0 Å². The lowest BCUT2D eigenvalue weighted by molar-refractivity contribution is -0.108. The van der Waals surface area contributed by atoms with E-state index in [1.54, 1.807) is 0 Å². The highest BCUT2D eigenvalue weighted by Gasteiger charge is 2.21. The topological polar surface area (TPSA) is 34.1 Å². The number of rotatable bonds is 5. The molecule has 1 unspecified atom stereocenters. The summed E-state index contributed by atoms with van der Waals surface area (Å²) in [5.41, 5.74) is 3.69. The molecule has 0 aromatic heterocycles. The number of hydrogen-bond acceptors (Lipinski definition) is 2. The van der Waals surface area contributed by atoms with E-state index in [1.165, 1.54) is 0 Å². The summed E-state index contributed by atoms with van der Waals surface area (Å²) < 4.78 is 0. The minimum absolute atomic E-state index is 0.00935.